The number of benzene rings is 1. The van der Waals surface area contributed by atoms with Crippen LogP contribution in [0.1, 0.15) is 13.3 Å². The minimum absolute atomic E-state index is 0.775. The fraction of sp³-hybridized carbons (Fsp3) is 0.333. The van der Waals surface area contributed by atoms with Crippen LogP contribution in [0, 0.1) is 0 Å². The van der Waals surface area contributed by atoms with E-state index in [-0.39, 0.29) is 0 Å². The quantitative estimate of drug-likeness (QED) is 0.483. The molecule has 1 aromatic rings. The first kappa shape index (κ1) is 14.1. The van der Waals surface area contributed by atoms with Crippen molar-refractivity contribution in [3.8, 4) is 0 Å². The fourth-order valence-corrected chi connectivity index (χ4v) is 3.00. The molecule has 0 spiro atoms. The van der Waals surface area contributed by atoms with E-state index in [9.17, 15) is 0 Å². The van der Waals surface area contributed by atoms with E-state index < -0.39 is 6.00 Å². The molecule has 0 bridgehead atoms. The second-order valence-corrected chi connectivity index (χ2v) is 12.1. The molecule has 0 amide bonds. The summed E-state index contributed by atoms with van der Waals surface area (Å²) in [5, 5.41) is 0. The molecular formula is C9H14Cl3NSi. The van der Waals surface area contributed by atoms with Crippen molar-refractivity contribution in [1.29, 1.82) is 0 Å². The Morgan fingerprint density at radius 2 is 1.64 bits per heavy atom. The van der Waals surface area contributed by atoms with Crippen LogP contribution in [-0.2, 0) is 0 Å². The summed E-state index contributed by atoms with van der Waals surface area (Å²) in [4.78, 5) is 0. The van der Waals surface area contributed by atoms with E-state index in [1.165, 1.54) is 0 Å². The van der Waals surface area contributed by atoms with Crippen LogP contribution in [0.15, 0.2) is 30.3 Å². The third-order valence-corrected chi connectivity index (χ3v) is 4.10. The predicted octanol–water partition coefficient (Wildman–Crippen LogP) is 4.32. The molecule has 5 heteroatoms. The molecule has 0 aliphatic heterocycles. The molecule has 0 fully saturated rings. The van der Waals surface area contributed by atoms with Crippen LogP contribution in [0.5, 0.6) is 0 Å². The van der Waals surface area contributed by atoms with Crippen LogP contribution in [0.4, 0.5) is 5.69 Å². The van der Waals surface area contributed by atoms with Gasteiger partial charge in [0, 0.05) is 5.69 Å². The maximum absolute atomic E-state index is 5.50. The molecule has 1 rings (SSSR count). The van der Waals surface area contributed by atoms with Crippen molar-refractivity contribution in [3.05, 3.63) is 30.3 Å². The van der Waals surface area contributed by atoms with Gasteiger partial charge in [-0.05, 0) is 18.2 Å². The number of hydrogen-bond acceptors (Lipinski definition) is 1. The number of nitrogens with two attached hydrogens (primary N) is 1. The first-order valence-corrected chi connectivity index (χ1v) is 9.57. The highest BCUT2D eigenvalue weighted by Gasteiger charge is 2.22. The summed E-state index contributed by atoms with van der Waals surface area (Å²) in [6.45, 7) is 2.01. The summed E-state index contributed by atoms with van der Waals surface area (Å²) in [5.41, 5.74) is 6.18. The van der Waals surface area contributed by atoms with Crippen molar-refractivity contribution in [2.75, 3.05) is 5.73 Å². The molecule has 0 unspecified atom stereocenters. The van der Waals surface area contributed by atoms with Gasteiger partial charge in [0.1, 0.15) is 0 Å². The summed E-state index contributed by atoms with van der Waals surface area (Å²) in [5.74, 6) is 0. The fourth-order valence-electron chi connectivity index (χ4n) is 0.737. The Balaban J connectivity index is 0.000000241. The smallest absolute Gasteiger partial charge is 0.341 e. The monoisotopic (exact) mass is 269 g/mol. The average Bonchev–Trinajstić information content (AvgIpc) is 2.04. The Bertz CT molecular complexity index is 236. The standard InChI is InChI=1S/C6H7N.C3H7Cl3Si/c7-6-4-2-1-3-5-6;1-2-3-7(4,5)6/h1-5H,7H2;2-3H2,1H3. The van der Waals surface area contributed by atoms with Crippen LogP contribution in [0.3, 0.4) is 0 Å². The van der Waals surface area contributed by atoms with Gasteiger partial charge in [-0.1, -0.05) is 31.5 Å². The van der Waals surface area contributed by atoms with Gasteiger partial charge >= 0.3 is 6.00 Å². The van der Waals surface area contributed by atoms with Gasteiger partial charge in [0.25, 0.3) is 0 Å². The number of para-hydroxylation sites is 1. The molecule has 80 valence electrons. The molecule has 0 atom stereocenters. The van der Waals surface area contributed by atoms with Crippen molar-refractivity contribution < 1.29 is 0 Å². The maximum Gasteiger partial charge on any atom is 0.341 e. The van der Waals surface area contributed by atoms with E-state index in [1.807, 2.05) is 37.3 Å². The second kappa shape index (κ2) is 7.41. The molecule has 0 aliphatic rings. The first-order chi connectivity index (χ1) is 6.45. The lowest BCUT2D eigenvalue weighted by molar-refractivity contribution is 1.07. The highest BCUT2D eigenvalue weighted by molar-refractivity contribution is 7.64. The molecule has 0 saturated heterocycles. The van der Waals surface area contributed by atoms with Crippen molar-refractivity contribution >= 4 is 44.9 Å². The van der Waals surface area contributed by atoms with Gasteiger partial charge in [0.2, 0.25) is 0 Å². The molecule has 1 nitrogen and oxygen atoms in total. The normalized spacial score (nSPS) is 10.3. The zero-order valence-corrected chi connectivity index (χ0v) is 11.3. The Kier molecular flexibility index (Phi) is 7.46. The number of hydrogen-bond donors (Lipinski definition) is 1. The zero-order chi connectivity index (χ0) is 11.0. The molecule has 1 aromatic carbocycles. The van der Waals surface area contributed by atoms with Gasteiger partial charge in [-0.3, -0.25) is 0 Å². The average molecular weight is 271 g/mol. The van der Waals surface area contributed by atoms with Crippen LogP contribution >= 0.6 is 33.2 Å². The van der Waals surface area contributed by atoms with Crippen molar-refractivity contribution in [2.24, 2.45) is 0 Å². The van der Waals surface area contributed by atoms with Crippen LogP contribution in [0.25, 0.3) is 0 Å². The van der Waals surface area contributed by atoms with E-state index in [4.69, 9.17) is 39.0 Å². The van der Waals surface area contributed by atoms with Crippen molar-refractivity contribution in [2.45, 2.75) is 19.4 Å². The Morgan fingerprint density at radius 1 is 1.14 bits per heavy atom. The summed E-state index contributed by atoms with van der Waals surface area (Å²) in [6.07, 6.45) is 0.975. The van der Waals surface area contributed by atoms with E-state index in [0.717, 1.165) is 18.2 Å². The second-order valence-electron chi connectivity index (χ2n) is 2.78. The first-order valence-electron chi connectivity index (χ1n) is 4.33. The molecule has 14 heavy (non-hydrogen) atoms. The number of halogens is 3. The van der Waals surface area contributed by atoms with E-state index in [1.54, 1.807) is 0 Å². The number of rotatable bonds is 2. The predicted molar refractivity (Wildman–Crippen MR) is 69.3 cm³/mol. The van der Waals surface area contributed by atoms with Gasteiger partial charge in [-0.25, -0.2) is 0 Å². The van der Waals surface area contributed by atoms with E-state index in [0.29, 0.717) is 0 Å². The van der Waals surface area contributed by atoms with Crippen LogP contribution in [0.2, 0.25) is 6.04 Å². The lowest BCUT2D eigenvalue weighted by Gasteiger charge is -2.01. The van der Waals surface area contributed by atoms with Crippen LogP contribution in [-0.4, -0.2) is 6.00 Å². The molecule has 0 saturated carbocycles. The minimum atomic E-state index is -2.24. The third kappa shape index (κ3) is 10.2. The molecule has 0 aromatic heterocycles. The van der Waals surface area contributed by atoms with Gasteiger partial charge in [0.05, 0.1) is 0 Å². The Labute approximate surface area is 100 Å². The van der Waals surface area contributed by atoms with E-state index >= 15 is 0 Å². The zero-order valence-electron chi connectivity index (χ0n) is 8.01. The summed E-state index contributed by atoms with van der Waals surface area (Å²) in [7, 11) is 0. The van der Waals surface area contributed by atoms with Crippen molar-refractivity contribution in [1.82, 2.24) is 0 Å². The van der Waals surface area contributed by atoms with Gasteiger partial charge in [0.15, 0.2) is 0 Å². The van der Waals surface area contributed by atoms with Gasteiger partial charge in [-0.15, -0.1) is 33.2 Å². The Hall–Kier alpha value is 0.107. The van der Waals surface area contributed by atoms with Crippen LogP contribution < -0.4 is 5.73 Å². The summed E-state index contributed by atoms with van der Waals surface area (Å²) >= 11 is 16.5. The maximum atomic E-state index is 5.50. The van der Waals surface area contributed by atoms with Crippen molar-refractivity contribution in [3.63, 3.8) is 0 Å². The van der Waals surface area contributed by atoms with Gasteiger partial charge in [-0.2, -0.15) is 0 Å². The summed E-state index contributed by atoms with van der Waals surface area (Å²) in [6, 6.07) is 8.02. The highest BCUT2D eigenvalue weighted by Crippen LogP contribution is 2.25. The highest BCUT2D eigenvalue weighted by atomic mass is 35.8. The largest absolute Gasteiger partial charge is 0.399 e. The number of nitrogen functional groups attached to an aromatic ring is 1. The summed E-state index contributed by atoms with van der Waals surface area (Å²) < 4.78 is 0. The molecule has 0 heterocycles. The minimum Gasteiger partial charge on any atom is -0.399 e. The van der Waals surface area contributed by atoms with Gasteiger partial charge < -0.3 is 5.73 Å². The SMILES string of the molecule is CCC[Si](Cl)(Cl)Cl.Nc1ccccc1. The lowest BCUT2D eigenvalue weighted by Crippen LogP contribution is -2.06. The topological polar surface area (TPSA) is 26.0 Å². The Morgan fingerprint density at radius 3 is 1.79 bits per heavy atom. The van der Waals surface area contributed by atoms with E-state index in [2.05, 4.69) is 0 Å². The molecular weight excluding hydrogens is 257 g/mol. The number of anilines is 1. The molecule has 0 aliphatic carbocycles. The lowest BCUT2D eigenvalue weighted by atomic mass is 10.3. The molecule has 0 radical (unpaired) electrons. The molecule has 2 N–H and O–H groups in total. The third-order valence-electron chi connectivity index (χ3n) is 1.33.